The first kappa shape index (κ1) is 16.7. The molecule has 0 bridgehead atoms. The average Bonchev–Trinajstić information content (AvgIpc) is 2.85. The second kappa shape index (κ2) is 6.62. The van der Waals surface area contributed by atoms with Crippen molar-refractivity contribution in [3.8, 4) is 0 Å². The van der Waals surface area contributed by atoms with E-state index in [4.69, 9.17) is 0 Å². The summed E-state index contributed by atoms with van der Waals surface area (Å²) in [7, 11) is -3.48. The van der Waals surface area contributed by atoms with E-state index in [9.17, 15) is 8.42 Å². The average molecular weight is 321 g/mol. The van der Waals surface area contributed by atoms with Gasteiger partial charge in [-0.15, -0.1) is 0 Å². The van der Waals surface area contributed by atoms with Crippen LogP contribution in [0.15, 0.2) is 35.4 Å². The van der Waals surface area contributed by atoms with Gasteiger partial charge >= 0.3 is 0 Å². The molecule has 0 spiro atoms. The summed E-state index contributed by atoms with van der Waals surface area (Å²) in [6.45, 7) is 9.26. The van der Waals surface area contributed by atoms with Crippen LogP contribution in [0.25, 0.3) is 0 Å². The summed E-state index contributed by atoms with van der Waals surface area (Å²) in [5.74, 6) is 0. The van der Waals surface area contributed by atoms with Gasteiger partial charge in [0.2, 0.25) is 10.0 Å². The number of aromatic nitrogens is 2. The SMILES string of the molecule is CCN(Cc1cn(CC)nc1C)S(=O)(=O)c1ccc(C)cc1. The highest BCUT2D eigenvalue weighted by molar-refractivity contribution is 7.89. The third-order valence-corrected chi connectivity index (χ3v) is 5.67. The maximum Gasteiger partial charge on any atom is 0.243 e. The minimum Gasteiger partial charge on any atom is -0.272 e. The van der Waals surface area contributed by atoms with Gasteiger partial charge in [0, 0.05) is 31.4 Å². The van der Waals surface area contributed by atoms with Crippen molar-refractivity contribution in [3.63, 3.8) is 0 Å². The zero-order valence-corrected chi connectivity index (χ0v) is 14.4. The van der Waals surface area contributed by atoms with Gasteiger partial charge in [-0.05, 0) is 32.9 Å². The van der Waals surface area contributed by atoms with E-state index < -0.39 is 10.0 Å². The molecule has 0 aliphatic heterocycles. The zero-order chi connectivity index (χ0) is 16.3. The van der Waals surface area contributed by atoms with Gasteiger partial charge in [0.05, 0.1) is 10.6 Å². The Morgan fingerprint density at radius 1 is 1.14 bits per heavy atom. The minimum absolute atomic E-state index is 0.334. The molecule has 0 fully saturated rings. The summed E-state index contributed by atoms with van der Waals surface area (Å²) in [4.78, 5) is 0.334. The van der Waals surface area contributed by atoms with Crippen LogP contribution in [-0.4, -0.2) is 29.0 Å². The molecule has 0 radical (unpaired) electrons. The van der Waals surface area contributed by atoms with Crippen molar-refractivity contribution in [2.24, 2.45) is 0 Å². The highest BCUT2D eigenvalue weighted by Gasteiger charge is 2.24. The van der Waals surface area contributed by atoms with Gasteiger partial charge in [-0.25, -0.2) is 8.42 Å². The molecule has 22 heavy (non-hydrogen) atoms. The predicted molar refractivity (Wildman–Crippen MR) is 87.1 cm³/mol. The first-order valence-electron chi connectivity index (χ1n) is 7.48. The number of nitrogens with zero attached hydrogens (tertiary/aromatic N) is 3. The highest BCUT2D eigenvalue weighted by Crippen LogP contribution is 2.19. The largest absolute Gasteiger partial charge is 0.272 e. The molecule has 6 heteroatoms. The molecule has 2 aromatic rings. The first-order valence-corrected chi connectivity index (χ1v) is 8.92. The Bertz CT molecular complexity index is 733. The van der Waals surface area contributed by atoms with Crippen LogP contribution in [0.3, 0.4) is 0 Å². The number of benzene rings is 1. The van der Waals surface area contributed by atoms with Crippen molar-refractivity contribution in [1.82, 2.24) is 14.1 Å². The van der Waals surface area contributed by atoms with Gasteiger partial charge in [-0.2, -0.15) is 9.40 Å². The van der Waals surface area contributed by atoms with E-state index in [1.54, 1.807) is 12.1 Å². The van der Waals surface area contributed by atoms with Crippen LogP contribution in [0.4, 0.5) is 0 Å². The molecule has 1 aromatic heterocycles. The van der Waals surface area contributed by atoms with Gasteiger partial charge in [-0.1, -0.05) is 24.6 Å². The van der Waals surface area contributed by atoms with Crippen LogP contribution in [-0.2, 0) is 23.1 Å². The summed E-state index contributed by atoms with van der Waals surface area (Å²) in [5, 5.41) is 4.38. The standard InChI is InChI=1S/C16H23N3O2S/c1-5-18-11-15(14(4)17-18)12-19(6-2)22(20,21)16-9-7-13(3)8-10-16/h7-11H,5-6,12H2,1-4H3. The number of aryl methyl sites for hydroxylation is 3. The second-order valence-electron chi connectivity index (χ2n) is 5.34. The van der Waals surface area contributed by atoms with Crippen molar-refractivity contribution >= 4 is 10.0 Å². The Labute approximate surface area is 132 Å². The Morgan fingerprint density at radius 2 is 1.77 bits per heavy atom. The molecule has 2 rings (SSSR count). The number of hydrogen-bond acceptors (Lipinski definition) is 3. The molecule has 0 aliphatic rings. The van der Waals surface area contributed by atoms with E-state index in [0.29, 0.717) is 18.0 Å². The molecule has 0 saturated carbocycles. The maximum absolute atomic E-state index is 12.8. The monoisotopic (exact) mass is 321 g/mol. The summed E-state index contributed by atoms with van der Waals surface area (Å²) in [5.41, 5.74) is 2.86. The molecule has 0 N–H and O–H groups in total. The molecular weight excluding hydrogens is 298 g/mol. The zero-order valence-electron chi connectivity index (χ0n) is 13.6. The van der Waals surface area contributed by atoms with Crippen LogP contribution in [0, 0.1) is 13.8 Å². The van der Waals surface area contributed by atoms with Crippen molar-refractivity contribution in [3.05, 3.63) is 47.3 Å². The van der Waals surface area contributed by atoms with Crippen molar-refractivity contribution in [1.29, 1.82) is 0 Å². The van der Waals surface area contributed by atoms with E-state index in [2.05, 4.69) is 5.10 Å². The maximum atomic E-state index is 12.8. The topological polar surface area (TPSA) is 55.2 Å². The van der Waals surface area contributed by atoms with Crippen LogP contribution >= 0.6 is 0 Å². The molecule has 1 heterocycles. The molecule has 0 saturated heterocycles. The smallest absolute Gasteiger partial charge is 0.243 e. The van der Waals surface area contributed by atoms with Gasteiger partial charge in [0.15, 0.2) is 0 Å². The number of hydrogen-bond donors (Lipinski definition) is 0. The normalized spacial score (nSPS) is 12.0. The predicted octanol–water partition coefficient (Wildman–Crippen LogP) is 2.73. The molecular formula is C16H23N3O2S. The summed E-state index contributed by atoms with van der Waals surface area (Å²) < 4.78 is 28.8. The fourth-order valence-electron chi connectivity index (χ4n) is 2.29. The molecule has 0 unspecified atom stereocenters. The van der Waals surface area contributed by atoms with Crippen molar-refractivity contribution in [2.45, 2.75) is 45.7 Å². The van der Waals surface area contributed by atoms with Gasteiger partial charge in [0.25, 0.3) is 0 Å². The van der Waals surface area contributed by atoms with E-state index in [1.165, 1.54) is 4.31 Å². The Hall–Kier alpha value is -1.66. The Kier molecular flexibility index (Phi) is 5.03. The van der Waals surface area contributed by atoms with Crippen LogP contribution < -0.4 is 0 Å². The third-order valence-electron chi connectivity index (χ3n) is 3.73. The van der Waals surface area contributed by atoms with E-state index >= 15 is 0 Å². The summed E-state index contributed by atoms with van der Waals surface area (Å²) in [6, 6.07) is 6.97. The van der Waals surface area contributed by atoms with Crippen LogP contribution in [0.1, 0.15) is 30.7 Å². The molecule has 120 valence electrons. The van der Waals surface area contributed by atoms with E-state index in [1.807, 2.05) is 50.7 Å². The first-order chi connectivity index (χ1) is 10.4. The molecule has 0 atom stereocenters. The third kappa shape index (κ3) is 3.39. The van der Waals surface area contributed by atoms with Crippen LogP contribution in [0.5, 0.6) is 0 Å². The Balaban J connectivity index is 2.30. The number of rotatable bonds is 6. The van der Waals surface area contributed by atoms with Gasteiger partial charge < -0.3 is 0 Å². The van der Waals surface area contributed by atoms with Gasteiger partial charge in [-0.3, -0.25) is 4.68 Å². The molecule has 1 aromatic carbocycles. The second-order valence-corrected chi connectivity index (χ2v) is 7.28. The number of sulfonamides is 1. The van der Waals surface area contributed by atoms with E-state index in [-0.39, 0.29) is 0 Å². The van der Waals surface area contributed by atoms with Crippen molar-refractivity contribution < 1.29 is 8.42 Å². The fraction of sp³-hybridized carbons (Fsp3) is 0.438. The highest BCUT2D eigenvalue weighted by atomic mass is 32.2. The molecule has 5 nitrogen and oxygen atoms in total. The lowest BCUT2D eigenvalue weighted by Crippen LogP contribution is -2.30. The lowest BCUT2D eigenvalue weighted by atomic mass is 10.2. The van der Waals surface area contributed by atoms with Crippen LogP contribution in [0.2, 0.25) is 0 Å². The Morgan fingerprint density at radius 3 is 2.27 bits per heavy atom. The summed E-state index contributed by atoms with van der Waals surface area (Å²) in [6.07, 6.45) is 1.92. The van der Waals surface area contributed by atoms with Crippen molar-refractivity contribution in [2.75, 3.05) is 6.54 Å². The lowest BCUT2D eigenvalue weighted by Gasteiger charge is -2.20. The van der Waals surface area contributed by atoms with Gasteiger partial charge in [0.1, 0.15) is 0 Å². The fourth-order valence-corrected chi connectivity index (χ4v) is 3.72. The van der Waals surface area contributed by atoms with E-state index in [0.717, 1.165) is 23.4 Å². The quantitative estimate of drug-likeness (QED) is 0.822. The molecule has 0 aliphatic carbocycles. The molecule has 0 amide bonds. The minimum atomic E-state index is -3.48. The summed E-state index contributed by atoms with van der Waals surface area (Å²) >= 11 is 0. The lowest BCUT2D eigenvalue weighted by molar-refractivity contribution is 0.422.